The second kappa shape index (κ2) is 8.39. The van der Waals surface area contributed by atoms with Gasteiger partial charge < -0.3 is 10.2 Å². The number of rotatable bonds is 5. The van der Waals surface area contributed by atoms with Crippen molar-refractivity contribution in [1.29, 1.82) is 0 Å². The van der Waals surface area contributed by atoms with E-state index in [9.17, 15) is 13.2 Å². The van der Waals surface area contributed by atoms with Crippen LogP contribution in [-0.4, -0.2) is 50.6 Å². The Kier molecular flexibility index (Phi) is 6.19. The van der Waals surface area contributed by atoms with Crippen LogP contribution >= 0.6 is 0 Å². The number of carbonyl (C=O) groups is 1. The molecular weight excluding hydrogens is 350 g/mol. The van der Waals surface area contributed by atoms with Crippen molar-refractivity contribution in [3.05, 3.63) is 24.3 Å². The lowest BCUT2D eigenvalue weighted by atomic mass is 9.97. The molecule has 2 saturated heterocycles. The van der Waals surface area contributed by atoms with Crippen LogP contribution in [0.25, 0.3) is 0 Å². The molecular formula is C19H29N3O3S. The van der Waals surface area contributed by atoms with Crippen LogP contribution in [-0.2, 0) is 14.8 Å². The lowest BCUT2D eigenvalue weighted by Gasteiger charge is -2.32. The Labute approximate surface area is 156 Å². The van der Waals surface area contributed by atoms with E-state index in [0.717, 1.165) is 24.5 Å². The third-order valence-electron chi connectivity index (χ3n) is 5.44. The fraction of sp³-hybridized carbons (Fsp3) is 0.632. The summed E-state index contributed by atoms with van der Waals surface area (Å²) >= 11 is 0. The standard InChI is InChI=1S/C19H29N3O3S/c1-2-26(24,25)22-14-10-16(11-15-22)19(23)20-17-8-4-5-9-18(17)21-12-6-3-7-13-21/h4-5,8-9,16H,2-3,6-7,10-15H2,1H3,(H,20,23). The molecule has 0 saturated carbocycles. The third-order valence-corrected chi connectivity index (χ3v) is 7.32. The lowest BCUT2D eigenvalue weighted by Crippen LogP contribution is -2.42. The first-order chi connectivity index (χ1) is 12.5. The fourth-order valence-electron chi connectivity index (χ4n) is 3.80. The number of nitrogens with zero attached hydrogens (tertiary/aromatic N) is 2. The first kappa shape index (κ1) is 19.2. The van der Waals surface area contributed by atoms with Crippen molar-refractivity contribution in [1.82, 2.24) is 4.31 Å². The molecule has 2 fully saturated rings. The SMILES string of the molecule is CCS(=O)(=O)N1CCC(C(=O)Nc2ccccc2N2CCCCC2)CC1. The number of piperidine rings is 2. The summed E-state index contributed by atoms with van der Waals surface area (Å²) in [6.45, 7) is 4.58. The third kappa shape index (κ3) is 4.38. The molecule has 6 nitrogen and oxygen atoms in total. The summed E-state index contributed by atoms with van der Waals surface area (Å²) in [7, 11) is -3.16. The first-order valence-electron chi connectivity index (χ1n) is 9.64. The molecule has 0 atom stereocenters. The van der Waals surface area contributed by atoms with Crippen LogP contribution in [0.1, 0.15) is 39.0 Å². The van der Waals surface area contributed by atoms with E-state index < -0.39 is 10.0 Å². The first-order valence-corrected chi connectivity index (χ1v) is 11.2. The van der Waals surface area contributed by atoms with E-state index in [4.69, 9.17) is 0 Å². The molecule has 2 aliphatic rings. The second-order valence-corrected chi connectivity index (χ2v) is 9.39. The van der Waals surface area contributed by atoms with Crippen LogP contribution in [0.15, 0.2) is 24.3 Å². The van der Waals surface area contributed by atoms with Gasteiger partial charge in [-0.1, -0.05) is 12.1 Å². The van der Waals surface area contributed by atoms with Gasteiger partial charge in [0.1, 0.15) is 0 Å². The van der Waals surface area contributed by atoms with Gasteiger partial charge in [-0.3, -0.25) is 4.79 Å². The summed E-state index contributed by atoms with van der Waals surface area (Å²) in [5.41, 5.74) is 1.95. The molecule has 2 heterocycles. The summed E-state index contributed by atoms with van der Waals surface area (Å²) in [6.07, 6.45) is 4.80. The number of para-hydroxylation sites is 2. The predicted molar refractivity (Wildman–Crippen MR) is 105 cm³/mol. The summed E-state index contributed by atoms with van der Waals surface area (Å²) in [4.78, 5) is 15.1. The Morgan fingerprint density at radius 2 is 1.73 bits per heavy atom. The van der Waals surface area contributed by atoms with Gasteiger partial charge in [-0.15, -0.1) is 0 Å². The van der Waals surface area contributed by atoms with Gasteiger partial charge >= 0.3 is 0 Å². The van der Waals surface area contributed by atoms with Crippen molar-refractivity contribution >= 4 is 27.3 Å². The van der Waals surface area contributed by atoms with Crippen LogP contribution in [0.2, 0.25) is 0 Å². The van der Waals surface area contributed by atoms with E-state index in [1.165, 1.54) is 23.6 Å². The van der Waals surface area contributed by atoms with E-state index in [0.29, 0.717) is 25.9 Å². The monoisotopic (exact) mass is 379 g/mol. The van der Waals surface area contributed by atoms with E-state index in [1.807, 2.05) is 18.2 Å². The number of hydrogen-bond donors (Lipinski definition) is 1. The summed E-state index contributed by atoms with van der Waals surface area (Å²) in [6, 6.07) is 7.98. The van der Waals surface area contributed by atoms with Crippen molar-refractivity contribution in [2.24, 2.45) is 5.92 Å². The molecule has 0 unspecified atom stereocenters. The molecule has 0 spiro atoms. The van der Waals surface area contributed by atoms with Gasteiger partial charge in [0, 0.05) is 32.1 Å². The topological polar surface area (TPSA) is 69.7 Å². The average molecular weight is 380 g/mol. The van der Waals surface area contributed by atoms with Gasteiger partial charge in [-0.25, -0.2) is 12.7 Å². The van der Waals surface area contributed by atoms with E-state index in [1.54, 1.807) is 6.92 Å². The fourth-order valence-corrected chi connectivity index (χ4v) is 4.94. The Morgan fingerprint density at radius 1 is 1.08 bits per heavy atom. The molecule has 0 bridgehead atoms. The zero-order valence-corrected chi connectivity index (χ0v) is 16.3. The predicted octanol–water partition coefficient (Wildman–Crippen LogP) is 2.68. The number of anilines is 2. The molecule has 1 aromatic rings. The molecule has 2 aliphatic heterocycles. The molecule has 1 amide bonds. The highest BCUT2D eigenvalue weighted by Crippen LogP contribution is 2.29. The number of hydrogen-bond acceptors (Lipinski definition) is 4. The van der Waals surface area contributed by atoms with Crippen molar-refractivity contribution in [2.45, 2.75) is 39.0 Å². The number of benzene rings is 1. The Bertz CT molecular complexity index is 721. The minimum Gasteiger partial charge on any atom is -0.370 e. The zero-order chi connectivity index (χ0) is 18.6. The van der Waals surface area contributed by atoms with E-state index >= 15 is 0 Å². The van der Waals surface area contributed by atoms with Crippen molar-refractivity contribution in [3.8, 4) is 0 Å². The molecule has 7 heteroatoms. The molecule has 26 heavy (non-hydrogen) atoms. The molecule has 1 aromatic carbocycles. The molecule has 3 rings (SSSR count). The van der Waals surface area contributed by atoms with Gasteiger partial charge in [0.05, 0.1) is 17.1 Å². The highest BCUT2D eigenvalue weighted by atomic mass is 32.2. The van der Waals surface area contributed by atoms with Gasteiger partial charge in [0.25, 0.3) is 0 Å². The van der Waals surface area contributed by atoms with Crippen molar-refractivity contribution in [3.63, 3.8) is 0 Å². The number of carbonyl (C=O) groups excluding carboxylic acids is 1. The van der Waals surface area contributed by atoms with Crippen LogP contribution in [0.4, 0.5) is 11.4 Å². The van der Waals surface area contributed by atoms with E-state index in [2.05, 4.69) is 16.3 Å². The van der Waals surface area contributed by atoms with Crippen LogP contribution in [0.3, 0.4) is 0 Å². The van der Waals surface area contributed by atoms with Crippen LogP contribution < -0.4 is 10.2 Å². The smallest absolute Gasteiger partial charge is 0.227 e. The number of nitrogens with one attached hydrogen (secondary N) is 1. The molecule has 144 valence electrons. The molecule has 0 aromatic heterocycles. The van der Waals surface area contributed by atoms with E-state index in [-0.39, 0.29) is 17.6 Å². The van der Waals surface area contributed by atoms with Gasteiger partial charge in [-0.05, 0) is 51.2 Å². The highest BCUT2D eigenvalue weighted by Gasteiger charge is 2.30. The van der Waals surface area contributed by atoms with Crippen LogP contribution in [0.5, 0.6) is 0 Å². The van der Waals surface area contributed by atoms with Gasteiger partial charge in [0.15, 0.2) is 0 Å². The zero-order valence-electron chi connectivity index (χ0n) is 15.5. The molecule has 0 aliphatic carbocycles. The summed E-state index contributed by atoms with van der Waals surface area (Å²) < 4.78 is 25.4. The minimum absolute atomic E-state index is 0.00278. The second-order valence-electron chi connectivity index (χ2n) is 7.13. The maximum absolute atomic E-state index is 12.7. The highest BCUT2D eigenvalue weighted by molar-refractivity contribution is 7.89. The van der Waals surface area contributed by atoms with Crippen LogP contribution in [0, 0.1) is 5.92 Å². The number of sulfonamides is 1. The quantitative estimate of drug-likeness (QED) is 0.854. The average Bonchev–Trinajstić information content (AvgIpc) is 2.69. The molecule has 1 N–H and O–H groups in total. The Morgan fingerprint density at radius 3 is 2.38 bits per heavy atom. The maximum Gasteiger partial charge on any atom is 0.227 e. The largest absolute Gasteiger partial charge is 0.370 e. The van der Waals surface area contributed by atoms with Crippen molar-refractivity contribution < 1.29 is 13.2 Å². The lowest BCUT2D eigenvalue weighted by molar-refractivity contribution is -0.120. The molecule has 0 radical (unpaired) electrons. The summed E-state index contributed by atoms with van der Waals surface area (Å²) in [5.74, 6) is -0.0108. The minimum atomic E-state index is -3.16. The van der Waals surface area contributed by atoms with Crippen molar-refractivity contribution in [2.75, 3.05) is 42.1 Å². The van der Waals surface area contributed by atoms with Gasteiger partial charge in [0.2, 0.25) is 15.9 Å². The Hall–Kier alpha value is -1.60. The maximum atomic E-state index is 12.7. The number of amides is 1. The Balaban J connectivity index is 1.62. The van der Waals surface area contributed by atoms with Gasteiger partial charge in [-0.2, -0.15) is 0 Å². The summed E-state index contributed by atoms with van der Waals surface area (Å²) in [5, 5.41) is 3.10. The normalized spacial score (nSPS) is 20.1.